The van der Waals surface area contributed by atoms with E-state index < -0.39 is 16.0 Å². The molecule has 2 N–H and O–H groups in total. The zero-order valence-electron chi connectivity index (χ0n) is 11.0. The van der Waals surface area contributed by atoms with Crippen molar-refractivity contribution in [2.75, 3.05) is 25.5 Å². The fourth-order valence-corrected chi connectivity index (χ4v) is 2.32. The first-order valence-corrected chi connectivity index (χ1v) is 7.31. The van der Waals surface area contributed by atoms with Crippen molar-refractivity contribution in [3.63, 3.8) is 0 Å². The Bertz CT molecular complexity index is 525. The van der Waals surface area contributed by atoms with Gasteiger partial charge in [0, 0.05) is 25.7 Å². The number of aliphatic carboxylic acids is 1. The molecular weight excluding hydrogens is 268 g/mol. The van der Waals surface area contributed by atoms with Crippen LogP contribution >= 0.6 is 0 Å². The number of nitrogens with one attached hydrogen (secondary N) is 1. The first kappa shape index (κ1) is 15.5. The summed E-state index contributed by atoms with van der Waals surface area (Å²) in [6.45, 7) is 0.602. The van der Waals surface area contributed by atoms with Crippen molar-refractivity contribution >= 4 is 21.7 Å². The standard InChI is InChI=1S/C12H18N2O4S/c1-13-19(17,18)11-7-5-10(6-8-11)14(2)9-3-4-12(15)16/h5-8,13H,3-4,9H2,1-2H3,(H,15,16). The van der Waals surface area contributed by atoms with Crippen molar-refractivity contribution in [1.29, 1.82) is 0 Å². The molecule has 0 saturated carbocycles. The van der Waals surface area contributed by atoms with Gasteiger partial charge in [-0.05, 0) is 37.7 Å². The molecule has 106 valence electrons. The van der Waals surface area contributed by atoms with Crippen LogP contribution in [0.25, 0.3) is 0 Å². The summed E-state index contributed by atoms with van der Waals surface area (Å²) in [6, 6.07) is 6.44. The van der Waals surface area contributed by atoms with E-state index in [9.17, 15) is 13.2 Å². The summed E-state index contributed by atoms with van der Waals surface area (Å²) < 4.78 is 25.3. The number of hydrogen-bond acceptors (Lipinski definition) is 4. The quantitative estimate of drug-likeness (QED) is 0.777. The van der Waals surface area contributed by atoms with Crippen LogP contribution < -0.4 is 9.62 Å². The number of nitrogens with zero attached hydrogens (tertiary/aromatic N) is 1. The lowest BCUT2D eigenvalue weighted by Gasteiger charge is -2.19. The molecule has 0 aliphatic rings. The zero-order valence-corrected chi connectivity index (χ0v) is 11.8. The number of hydrogen-bond donors (Lipinski definition) is 2. The highest BCUT2D eigenvalue weighted by Gasteiger charge is 2.11. The van der Waals surface area contributed by atoms with E-state index in [0.29, 0.717) is 13.0 Å². The van der Waals surface area contributed by atoms with Gasteiger partial charge in [-0.1, -0.05) is 0 Å². The Morgan fingerprint density at radius 2 is 1.89 bits per heavy atom. The third kappa shape index (κ3) is 4.53. The molecule has 0 aliphatic carbocycles. The summed E-state index contributed by atoms with van der Waals surface area (Å²) >= 11 is 0. The van der Waals surface area contributed by atoms with E-state index in [1.165, 1.54) is 19.2 Å². The van der Waals surface area contributed by atoms with Gasteiger partial charge in [-0.25, -0.2) is 13.1 Å². The summed E-state index contributed by atoms with van der Waals surface area (Å²) in [5.41, 5.74) is 0.848. The van der Waals surface area contributed by atoms with Crippen molar-refractivity contribution in [1.82, 2.24) is 4.72 Å². The molecule has 6 nitrogen and oxygen atoms in total. The zero-order chi connectivity index (χ0) is 14.5. The van der Waals surface area contributed by atoms with Crippen LogP contribution in [0.3, 0.4) is 0 Å². The molecule has 1 rings (SSSR count). The molecule has 0 saturated heterocycles. The molecule has 0 spiro atoms. The highest BCUT2D eigenvalue weighted by Crippen LogP contribution is 2.17. The van der Waals surface area contributed by atoms with Crippen LogP contribution in [0, 0.1) is 0 Å². The number of carbonyl (C=O) groups is 1. The van der Waals surface area contributed by atoms with Crippen LogP contribution in [0.5, 0.6) is 0 Å². The number of benzene rings is 1. The Balaban J connectivity index is 2.68. The smallest absolute Gasteiger partial charge is 0.303 e. The van der Waals surface area contributed by atoms with Crippen LogP contribution in [0.2, 0.25) is 0 Å². The van der Waals surface area contributed by atoms with Crippen LogP contribution in [-0.2, 0) is 14.8 Å². The van der Waals surface area contributed by atoms with Gasteiger partial charge >= 0.3 is 5.97 Å². The highest BCUT2D eigenvalue weighted by atomic mass is 32.2. The molecule has 1 aromatic rings. The molecule has 0 heterocycles. The fraction of sp³-hybridized carbons (Fsp3) is 0.417. The van der Waals surface area contributed by atoms with Gasteiger partial charge in [-0.3, -0.25) is 4.79 Å². The largest absolute Gasteiger partial charge is 0.481 e. The summed E-state index contributed by atoms with van der Waals surface area (Å²) in [5.74, 6) is -0.816. The Labute approximate surface area is 113 Å². The van der Waals surface area contributed by atoms with E-state index in [-0.39, 0.29) is 11.3 Å². The van der Waals surface area contributed by atoms with E-state index in [1.807, 2.05) is 11.9 Å². The Morgan fingerprint density at radius 1 is 1.32 bits per heavy atom. The highest BCUT2D eigenvalue weighted by molar-refractivity contribution is 7.89. The Morgan fingerprint density at radius 3 is 2.37 bits per heavy atom. The molecule has 7 heteroatoms. The molecule has 0 aliphatic heterocycles. The maximum absolute atomic E-state index is 11.5. The monoisotopic (exact) mass is 286 g/mol. The average Bonchev–Trinajstić information content (AvgIpc) is 2.38. The van der Waals surface area contributed by atoms with Crippen molar-refractivity contribution in [3.05, 3.63) is 24.3 Å². The Hall–Kier alpha value is -1.60. The molecule has 0 bridgehead atoms. The molecule has 0 radical (unpaired) electrons. The summed E-state index contributed by atoms with van der Waals surface area (Å²) in [7, 11) is -0.216. The van der Waals surface area contributed by atoms with Crippen molar-refractivity contribution in [3.8, 4) is 0 Å². The number of carboxylic acids is 1. The van der Waals surface area contributed by atoms with Crippen LogP contribution in [0.15, 0.2) is 29.2 Å². The van der Waals surface area contributed by atoms with Crippen molar-refractivity contribution in [2.24, 2.45) is 0 Å². The minimum Gasteiger partial charge on any atom is -0.481 e. The lowest BCUT2D eigenvalue weighted by molar-refractivity contribution is -0.137. The van der Waals surface area contributed by atoms with E-state index in [2.05, 4.69) is 4.72 Å². The lowest BCUT2D eigenvalue weighted by atomic mass is 10.2. The first-order chi connectivity index (χ1) is 8.86. The topological polar surface area (TPSA) is 86.7 Å². The summed E-state index contributed by atoms with van der Waals surface area (Å²) in [5, 5.41) is 8.56. The third-order valence-electron chi connectivity index (χ3n) is 2.74. The third-order valence-corrected chi connectivity index (χ3v) is 4.17. The normalized spacial score (nSPS) is 11.3. The molecule has 0 amide bonds. The lowest BCUT2D eigenvalue weighted by Crippen LogP contribution is -2.20. The van der Waals surface area contributed by atoms with Gasteiger partial charge in [-0.15, -0.1) is 0 Å². The molecule has 0 aromatic heterocycles. The molecule has 1 aromatic carbocycles. The van der Waals surface area contributed by atoms with Crippen LogP contribution in [0.4, 0.5) is 5.69 Å². The average molecular weight is 286 g/mol. The van der Waals surface area contributed by atoms with Gasteiger partial charge in [0.25, 0.3) is 0 Å². The first-order valence-electron chi connectivity index (χ1n) is 5.83. The van der Waals surface area contributed by atoms with Crippen LogP contribution in [-0.4, -0.2) is 40.1 Å². The fourth-order valence-electron chi connectivity index (χ4n) is 1.59. The predicted molar refractivity (Wildman–Crippen MR) is 72.8 cm³/mol. The molecule has 0 fully saturated rings. The van der Waals surface area contributed by atoms with Gasteiger partial charge in [-0.2, -0.15) is 0 Å². The van der Waals surface area contributed by atoms with E-state index >= 15 is 0 Å². The van der Waals surface area contributed by atoms with Crippen LogP contribution in [0.1, 0.15) is 12.8 Å². The van der Waals surface area contributed by atoms with Crippen molar-refractivity contribution in [2.45, 2.75) is 17.7 Å². The van der Waals surface area contributed by atoms with E-state index in [0.717, 1.165) is 5.69 Å². The summed E-state index contributed by atoms with van der Waals surface area (Å²) in [6.07, 6.45) is 0.666. The maximum atomic E-state index is 11.5. The SMILES string of the molecule is CNS(=O)(=O)c1ccc(N(C)CCCC(=O)O)cc1. The van der Waals surface area contributed by atoms with Gasteiger partial charge < -0.3 is 10.0 Å². The minimum atomic E-state index is -3.42. The maximum Gasteiger partial charge on any atom is 0.303 e. The second-order valence-corrected chi connectivity index (χ2v) is 6.01. The van der Waals surface area contributed by atoms with Gasteiger partial charge in [0.15, 0.2) is 0 Å². The predicted octanol–water partition coefficient (Wildman–Crippen LogP) is 0.896. The number of anilines is 1. The summed E-state index contributed by atoms with van der Waals surface area (Å²) in [4.78, 5) is 12.5. The van der Waals surface area contributed by atoms with E-state index in [4.69, 9.17) is 5.11 Å². The van der Waals surface area contributed by atoms with E-state index in [1.54, 1.807) is 12.1 Å². The van der Waals surface area contributed by atoms with Crippen molar-refractivity contribution < 1.29 is 18.3 Å². The Kier molecular flexibility index (Phi) is 5.31. The van der Waals surface area contributed by atoms with Gasteiger partial charge in [0.2, 0.25) is 10.0 Å². The number of sulfonamides is 1. The molecule has 19 heavy (non-hydrogen) atoms. The molecule has 0 atom stereocenters. The molecule has 0 unspecified atom stereocenters. The molecular formula is C12H18N2O4S. The second kappa shape index (κ2) is 6.53. The minimum absolute atomic E-state index is 0.122. The second-order valence-electron chi connectivity index (χ2n) is 4.12. The van der Waals surface area contributed by atoms with Gasteiger partial charge in [0.1, 0.15) is 0 Å². The number of carboxylic acid groups (broad SMARTS) is 1. The number of rotatable bonds is 7. The van der Waals surface area contributed by atoms with Gasteiger partial charge in [0.05, 0.1) is 4.90 Å².